The first-order chi connectivity index (χ1) is 15.0. The minimum absolute atomic E-state index is 0.0629. The number of carbonyl (C=O) groups is 3. The van der Waals surface area contributed by atoms with Gasteiger partial charge >= 0.3 is 11.7 Å². The van der Waals surface area contributed by atoms with Crippen molar-refractivity contribution in [3.05, 3.63) is 52.6 Å². The molecule has 0 atom stereocenters. The molecule has 3 amide bonds. The number of nitrogens with one attached hydrogen (secondary N) is 1. The molecule has 1 aromatic carbocycles. The molecule has 10 nitrogen and oxygen atoms in total. The first-order valence-corrected chi connectivity index (χ1v) is 10.4. The number of amides is 3. The van der Waals surface area contributed by atoms with Crippen LogP contribution in [0.5, 0.6) is 0 Å². The molecule has 2 heterocycles. The maximum Gasteiger partial charge on any atom is 0.354 e. The summed E-state index contributed by atoms with van der Waals surface area (Å²) in [4.78, 5) is 55.6. The summed E-state index contributed by atoms with van der Waals surface area (Å²) in [6, 6.07) is 8.21. The van der Waals surface area contributed by atoms with Crippen LogP contribution in [0.15, 0.2) is 41.3 Å². The Hall–Kier alpha value is -3.53. The van der Waals surface area contributed by atoms with Crippen LogP contribution in [0.4, 0.5) is 10.6 Å². The van der Waals surface area contributed by atoms with Crippen LogP contribution in [0.1, 0.15) is 26.3 Å². The summed E-state index contributed by atoms with van der Waals surface area (Å²) < 4.78 is 1.35. The SMILES string of the molecule is CC(=O)Cc1ccc(-n2ccc(NC(=O)N3CCN(C(=O)C(C)(C)N)CC3)nc2=O)cc1. The predicted octanol–water partition coefficient (Wildman–Crippen LogP) is 0.777. The van der Waals surface area contributed by atoms with Crippen LogP contribution >= 0.6 is 0 Å². The van der Waals surface area contributed by atoms with Crippen LogP contribution in [0.25, 0.3) is 5.69 Å². The van der Waals surface area contributed by atoms with Crippen molar-refractivity contribution < 1.29 is 14.4 Å². The van der Waals surface area contributed by atoms with Crippen LogP contribution in [-0.2, 0) is 16.0 Å². The Bertz CT molecular complexity index is 1060. The van der Waals surface area contributed by atoms with Gasteiger partial charge in [-0.3, -0.25) is 19.5 Å². The van der Waals surface area contributed by atoms with E-state index in [1.54, 1.807) is 54.0 Å². The molecule has 1 aliphatic rings. The second kappa shape index (κ2) is 9.31. The Labute approximate surface area is 186 Å². The molecule has 10 heteroatoms. The third-order valence-electron chi connectivity index (χ3n) is 5.11. The van der Waals surface area contributed by atoms with E-state index in [9.17, 15) is 19.2 Å². The van der Waals surface area contributed by atoms with E-state index in [4.69, 9.17) is 5.73 Å². The van der Waals surface area contributed by atoms with Crippen LogP contribution in [0, 0.1) is 0 Å². The fourth-order valence-electron chi connectivity index (χ4n) is 3.44. The van der Waals surface area contributed by atoms with Gasteiger partial charge < -0.3 is 15.5 Å². The van der Waals surface area contributed by atoms with Gasteiger partial charge in [0.1, 0.15) is 11.6 Å². The number of rotatable bonds is 5. The van der Waals surface area contributed by atoms with Crippen molar-refractivity contribution in [3.63, 3.8) is 0 Å². The normalized spacial score (nSPS) is 14.2. The average Bonchev–Trinajstić information content (AvgIpc) is 2.73. The fourth-order valence-corrected chi connectivity index (χ4v) is 3.44. The van der Waals surface area contributed by atoms with Crippen LogP contribution in [0.3, 0.4) is 0 Å². The van der Waals surface area contributed by atoms with Crippen molar-refractivity contribution in [2.24, 2.45) is 5.73 Å². The first-order valence-electron chi connectivity index (χ1n) is 10.4. The largest absolute Gasteiger partial charge is 0.354 e. The molecule has 1 saturated heterocycles. The number of nitrogens with zero attached hydrogens (tertiary/aromatic N) is 4. The number of ketones is 1. The summed E-state index contributed by atoms with van der Waals surface area (Å²) >= 11 is 0. The molecule has 0 unspecified atom stereocenters. The monoisotopic (exact) mass is 440 g/mol. The number of hydrogen-bond donors (Lipinski definition) is 2. The maximum absolute atomic E-state index is 12.5. The lowest BCUT2D eigenvalue weighted by atomic mass is 10.1. The van der Waals surface area contributed by atoms with E-state index in [2.05, 4.69) is 10.3 Å². The highest BCUT2D eigenvalue weighted by molar-refractivity contribution is 5.89. The molecular weight excluding hydrogens is 412 g/mol. The van der Waals surface area contributed by atoms with Crippen molar-refractivity contribution in [1.82, 2.24) is 19.4 Å². The van der Waals surface area contributed by atoms with Gasteiger partial charge in [-0.2, -0.15) is 4.98 Å². The Kier molecular flexibility index (Phi) is 6.73. The maximum atomic E-state index is 12.5. The molecule has 1 aromatic heterocycles. The van der Waals surface area contributed by atoms with Crippen LogP contribution < -0.4 is 16.7 Å². The van der Waals surface area contributed by atoms with Crippen molar-refractivity contribution in [2.45, 2.75) is 32.7 Å². The molecule has 32 heavy (non-hydrogen) atoms. The second-order valence-electron chi connectivity index (χ2n) is 8.44. The minimum Gasteiger partial charge on any atom is -0.338 e. The molecule has 1 aliphatic heterocycles. The van der Waals surface area contributed by atoms with Crippen molar-refractivity contribution in [2.75, 3.05) is 31.5 Å². The number of hydrogen-bond acceptors (Lipinski definition) is 6. The standard InChI is InChI=1S/C22H28N6O4/c1-15(29)14-16-4-6-17(7-5-16)28-9-8-18(25-21(28)32)24-20(31)27-12-10-26(11-13-27)19(30)22(2,3)23/h4-9H,10-14,23H2,1-3H3,(H,24,25,31,32). The van der Waals surface area contributed by atoms with E-state index in [-0.39, 0.29) is 23.5 Å². The molecule has 2 aromatic rings. The third-order valence-corrected chi connectivity index (χ3v) is 5.11. The highest BCUT2D eigenvalue weighted by Crippen LogP contribution is 2.12. The number of piperazine rings is 1. The molecule has 0 aliphatic carbocycles. The Morgan fingerprint density at radius 1 is 1.03 bits per heavy atom. The topological polar surface area (TPSA) is 131 Å². The summed E-state index contributed by atoms with van der Waals surface area (Å²) in [6.07, 6.45) is 1.87. The summed E-state index contributed by atoms with van der Waals surface area (Å²) in [6.45, 7) is 6.33. The van der Waals surface area contributed by atoms with E-state index < -0.39 is 11.2 Å². The molecule has 0 radical (unpaired) electrons. The Morgan fingerprint density at radius 2 is 1.62 bits per heavy atom. The molecule has 0 spiro atoms. The first kappa shape index (κ1) is 23.1. The minimum atomic E-state index is -0.952. The number of Topliss-reactive ketones (excluding diaryl/α,β-unsaturated/α-hetero) is 1. The number of nitrogens with two attached hydrogens (primary N) is 1. The Balaban J connectivity index is 1.61. The molecule has 0 saturated carbocycles. The smallest absolute Gasteiger partial charge is 0.338 e. The fraction of sp³-hybridized carbons (Fsp3) is 0.409. The van der Waals surface area contributed by atoms with Gasteiger partial charge in [0, 0.05) is 38.8 Å². The summed E-state index contributed by atoms with van der Waals surface area (Å²) in [5.74, 6) is 0.0520. The number of urea groups is 1. The summed E-state index contributed by atoms with van der Waals surface area (Å²) in [5, 5.41) is 2.63. The van der Waals surface area contributed by atoms with Crippen molar-refractivity contribution in [1.29, 1.82) is 0 Å². The van der Waals surface area contributed by atoms with Gasteiger partial charge in [-0.05, 0) is 44.5 Å². The molecule has 1 fully saturated rings. The van der Waals surface area contributed by atoms with Gasteiger partial charge in [-0.15, -0.1) is 0 Å². The van der Waals surface area contributed by atoms with Gasteiger partial charge in [0.05, 0.1) is 11.2 Å². The van der Waals surface area contributed by atoms with Crippen LogP contribution in [0.2, 0.25) is 0 Å². The Morgan fingerprint density at radius 3 is 2.16 bits per heavy atom. The lowest BCUT2D eigenvalue weighted by Crippen LogP contribution is -2.58. The molecular formula is C22H28N6O4. The van der Waals surface area contributed by atoms with Crippen molar-refractivity contribution in [3.8, 4) is 5.69 Å². The van der Waals surface area contributed by atoms with Gasteiger partial charge in [0.2, 0.25) is 5.91 Å². The number of aromatic nitrogens is 2. The number of anilines is 1. The zero-order valence-electron chi connectivity index (χ0n) is 18.5. The van der Waals surface area contributed by atoms with Crippen molar-refractivity contribution >= 4 is 23.5 Å². The zero-order chi connectivity index (χ0) is 23.5. The van der Waals surface area contributed by atoms with Gasteiger partial charge in [0.25, 0.3) is 0 Å². The second-order valence-corrected chi connectivity index (χ2v) is 8.44. The van der Waals surface area contributed by atoms with Gasteiger partial charge in [-0.1, -0.05) is 12.1 Å². The van der Waals surface area contributed by atoms with E-state index >= 15 is 0 Å². The highest BCUT2D eigenvalue weighted by Gasteiger charge is 2.31. The number of benzene rings is 1. The van der Waals surface area contributed by atoms with Crippen LogP contribution in [-0.4, -0.2) is 68.8 Å². The lowest BCUT2D eigenvalue weighted by molar-refractivity contribution is -0.137. The quantitative estimate of drug-likeness (QED) is 0.706. The van der Waals surface area contributed by atoms with E-state index in [1.165, 1.54) is 17.7 Å². The van der Waals surface area contributed by atoms with E-state index in [0.29, 0.717) is 38.3 Å². The average molecular weight is 441 g/mol. The zero-order valence-corrected chi connectivity index (χ0v) is 18.5. The molecule has 3 rings (SSSR count). The lowest BCUT2D eigenvalue weighted by Gasteiger charge is -2.37. The molecule has 0 bridgehead atoms. The predicted molar refractivity (Wildman–Crippen MR) is 120 cm³/mol. The van der Waals surface area contributed by atoms with E-state index in [0.717, 1.165) is 5.56 Å². The van der Waals surface area contributed by atoms with E-state index in [1.807, 2.05) is 0 Å². The summed E-state index contributed by atoms with van der Waals surface area (Å²) in [7, 11) is 0. The third kappa shape index (κ3) is 5.58. The summed E-state index contributed by atoms with van der Waals surface area (Å²) in [5.41, 5.74) is 5.84. The molecule has 3 N–H and O–H groups in total. The highest BCUT2D eigenvalue weighted by atomic mass is 16.2. The number of carbonyl (C=O) groups excluding carboxylic acids is 3. The molecule has 170 valence electrons. The van der Waals surface area contributed by atoms with Gasteiger partial charge in [-0.25, -0.2) is 9.59 Å². The van der Waals surface area contributed by atoms with Gasteiger partial charge in [0.15, 0.2) is 0 Å².